The van der Waals surface area contributed by atoms with E-state index in [1.54, 1.807) is 7.11 Å². The molecular weight excluding hydrogens is 243 g/mol. The average Bonchev–Trinajstić information content (AvgIpc) is 2.13. The van der Waals surface area contributed by atoms with Crippen molar-refractivity contribution in [3.63, 3.8) is 0 Å². The van der Waals surface area contributed by atoms with Crippen LogP contribution in [0.5, 0.6) is 0 Å². The summed E-state index contributed by atoms with van der Waals surface area (Å²) in [4.78, 5) is 0. The zero-order chi connectivity index (χ0) is 7.40. The molecule has 1 heterocycles. The Labute approximate surface area is 75.4 Å². The van der Waals surface area contributed by atoms with Crippen LogP contribution in [0.2, 0.25) is 0 Å². The standard InChI is InChI=1S/C7H13IO2/c1-9-7-6(8)4-2-3-5-10-7/h6-7H,2-5H2,1H3. The normalized spacial score (nSPS) is 35.4. The monoisotopic (exact) mass is 256 g/mol. The second kappa shape index (κ2) is 4.51. The maximum absolute atomic E-state index is 5.43. The first-order valence-electron chi connectivity index (χ1n) is 3.63. The van der Waals surface area contributed by atoms with E-state index in [-0.39, 0.29) is 6.29 Å². The lowest BCUT2D eigenvalue weighted by Gasteiger charge is -2.17. The molecule has 0 spiro atoms. The van der Waals surface area contributed by atoms with Crippen molar-refractivity contribution in [1.82, 2.24) is 0 Å². The van der Waals surface area contributed by atoms with Crippen LogP contribution in [-0.2, 0) is 9.47 Å². The lowest BCUT2D eigenvalue weighted by atomic mass is 10.2. The third kappa shape index (κ3) is 2.36. The fourth-order valence-corrected chi connectivity index (χ4v) is 2.04. The van der Waals surface area contributed by atoms with Gasteiger partial charge in [-0.25, -0.2) is 0 Å². The third-order valence-electron chi connectivity index (χ3n) is 1.68. The van der Waals surface area contributed by atoms with E-state index < -0.39 is 0 Å². The second-order valence-electron chi connectivity index (χ2n) is 2.49. The predicted molar refractivity (Wildman–Crippen MR) is 48.4 cm³/mol. The van der Waals surface area contributed by atoms with Gasteiger partial charge in [0.15, 0.2) is 6.29 Å². The Kier molecular flexibility index (Phi) is 3.95. The number of alkyl halides is 1. The van der Waals surface area contributed by atoms with E-state index in [1.807, 2.05) is 0 Å². The Morgan fingerprint density at radius 2 is 2.30 bits per heavy atom. The van der Waals surface area contributed by atoms with Crippen LogP contribution in [0.25, 0.3) is 0 Å². The summed E-state index contributed by atoms with van der Waals surface area (Å²) in [5.74, 6) is 0. The highest BCUT2D eigenvalue weighted by molar-refractivity contribution is 14.1. The Balaban J connectivity index is 2.35. The van der Waals surface area contributed by atoms with Gasteiger partial charge < -0.3 is 9.47 Å². The van der Waals surface area contributed by atoms with Crippen molar-refractivity contribution in [2.75, 3.05) is 13.7 Å². The summed E-state index contributed by atoms with van der Waals surface area (Å²) >= 11 is 2.39. The molecule has 1 rings (SSSR count). The molecule has 2 unspecified atom stereocenters. The lowest BCUT2D eigenvalue weighted by molar-refractivity contribution is -0.114. The Morgan fingerprint density at radius 3 is 3.00 bits per heavy atom. The summed E-state index contributed by atoms with van der Waals surface area (Å²) in [6, 6.07) is 0. The van der Waals surface area contributed by atoms with Gasteiger partial charge in [-0.05, 0) is 19.3 Å². The van der Waals surface area contributed by atoms with Gasteiger partial charge in [-0.15, -0.1) is 0 Å². The molecule has 10 heavy (non-hydrogen) atoms. The van der Waals surface area contributed by atoms with Gasteiger partial charge in [-0.1, -0.05) is 22.6 Å². The van der Waals surface area contributed by atoms with Crippen molar-refractivity contribution in [3.05, 3.63) is 0 Å². The highest BCUT2D eigenvalue weighted by Crippen LogP contribution is 2.21. The van der Waals surface area contributed by atoms with Crippen LogP contribution in [0.15, 0.2) is 0 Å². The molecule has 1 fully saturated rings. The lowest BCUT2D eigenvalue weighted by Crippen LogP contribution is -2.24. The van der Waals surface area contributed by atoms with E-state index >= 15 is 0 Å². The van der Waals surface area contributed by atoms with E-state index in [2.05, 4.69) is 22.6 Å². The third-order valence-corrected chi connectivity index (χ3v) is 2.89. The van der Waals surface area contributed by atoms with Crippen molar-refractivity contribution >= 4 is 22.6 Å². The van der Waals surface area contributed by atoms with Crippen LogP contribution in [0.1, 0.15) is 19.3 Å². The summed E-state index contributed by atoms with van der Waals surface area (Å²) < 4.78 is 11.1. The van der Waals surface area contributed by atoms with Crippen LogP contribution in [0.4, 0.5) is 0 Å². The first-order valence-corrected chi connectivity index (χ1v) is 4.87. The Hall–Kier alpha value is 0.650. The minimum absolute atomic E-state index is 0.0306. The second-order valence-corrected chi connectivity index (χ2v) is 4.09. The number of ether oxygens (including phenoxy) is 2. The molecule has 1 aliphatic rings. The quantitative estimate of drug-likeness (QED) is 0.527. The fourth-order valence-electron chi connectivity index (χ4n) is 1.10. The van der Waals surface area contributed by atoms with Crippen molar-refractivity contribution < 1.29 is 9.47 Å². The van der Waals surface area contributed by atoms with Gasteiger partial charge in [0.25, 0.3) is 0 Å². The van der Waals surface area contributed by atoms with Crippen molar-refractivity contribution in [1.29, 1.82) is 0 Å². The Morgan fingerprint density at radius 1 is 1.50 bits per heavy atom. The first-order chi connectivity index (χ1) is 4.84. The largest absolute Gasteiger partial charge is 0.355 e. The van der Waals surface area contributed by atoms with Gasteiger partial charge in [0.05, 0.1) is 3.92 Å². The summed E-state index contributed by atoms with van der Waals surface area (Å²) in [5.41, 5.74) is 0. The fraction of sp³-hybridized carbons (Fsp3) is 1.00. The molecule has 1 saturated heterocycles. The molecule has 2 nitrogen and oxygen atoms in total. The summed E-state index contributed by atoms with van der Waals surface area (Å²) in [6.45, 7) is 0.859. The van der Waals surface area contributed by atoms with Gasteiger partial charge in [0, 0.05) is 13.7 Å². The zero-order valence-electron chi connectivity index (χ0n) is 6.18. The van der Waals surface area contributed by atoms with Gasteiger partial charge in [0.1, 0.15) is 0 Å². The molecule has 60 valence electrons. The van der Waals surface area contributed by atoms with Gasteiger partial charge in [-0.2, -0.15) is 0 Å². The number of halogens is 1. The predicted octanol–water partition coefficient (Wildman–Crippen LogP) is 1.96. The van der Waals surface area contributed by atoms with E-state index in [0.29, 0.717) is 3.92 Å². The number of methoxy groups -OCH3 is 1. The van der Waals surface area contributed by atoms with Crippen molar-refractivity contribution in [3.8, 4) is 0 Å². The zero-order valence-corrected chi connectivity index (χ0v) is 8.34. The smallest absolute Gasteiger partial charge is 0.168 e. The topological polar surface area (TPSA) is 18.5 Å². The minimum Gasteiger partial charge on any atom is -0.355 e. The Bertz CT molecular complexity index is 97.6. The molecule has 2 atom stereocenters. The summed E-state index contributed by atoms with van der Waals surface area (Å²) in [7, 11) is 1.71. The molecule has 1 aliphatic heterocycles. The molecule has 0 amide bonds. The van der Waals surface area contributed by atoms with Gasteiger partial charge in [0.2, 0.25) is 0 Å². The molecular formula is C7H13IO2. The molecule has 0 aliphatic carbocycles. The van der Waals surface area contributed by atoms with Crippen LogP contribution < -0.4 is 0 Å². The maximum atomic E-state index is 5.43. The van der Waals surface area contributed by atoms with E-state index in [9.17, 15) is 0 Å². The van der Waals surface area contributed by atoms with Crippen molar-refractivity contribution in [2.45, 2.75) is 29.5 Å². The van der Waals surface area contributed by atoms with Crippen LogP contribution in [0, 0.1) is 0 Å². The maximum Gasteiger partial charge on any atom is 0.168 e. The number of rotatable bonds is 1. The SMILES string of the molecule is COC1OCCCCC1I. The molecule has 0 aromatic heterocycles. The molecule has 0 radical (unpaired) electrons. The molecule has 0 bridgehead atoms. The molecule has 0 saturated carbocycles. The highest BCUT2D eigenvalue weighted by atomic mass is 127. The van der Waals surface area contributed by atoms with Crippen LogP contribution in [0.3, 0.4) is 0 Å². The molecule has 0 aromatic carbocycles. The van der Waals surface area contributed by atoms with E-state index in [1.165, 1.54) is 19.3 Å². The first kappa shape index (κ1) is 8.74. The average molecular weight is 256 g/mol. The van der Waals surface area contributed by atoms with E-state index in [0.717, 1.165) is 6.61 Å². The molecule has 0 N–H and O–H groups in total. The summed E-state index contributed by atoms with van der Waals surface area (Å²) in [5, 5.41) is 0. The summed E-state index contributed by atoms with van der Waals surface area (Å²) in [6.07, 6.45) is 3.70. The minimum atomic E-state index is 0.0306. The van der Waals surface area contributed by atoms with Gasteiger partial charge >= 0.3 is 0 Å². The number of hydrogen-bond donors (Lipinski definition) is 0. The van der Waals surface area contributed by atoms with E-state index in [4.69, 9.17) is 9.47 Å². The molecule has 0 aromatic rings. The van der Waals surface area contributed by atoms with Crippen LogP contribution in [-0.4, -0.2) is 23.9 Å². The van der Waals surface area contributed by atoms with Crippen LogP contribution >= 0.6 is 22.6 Å². The highest BCUT2D eigenvalue weighted by Gasteiger charge is 2.20. The van der Waals surface area contributed by atoms with Gasteiger partial charge in [-0.3, -0.25) is 0 Å². The number of hydrogen-bond acceptors (Lipinski definition) is 2. The molecule has 3 heteroatoms. The van der Waals surface area contributed by atoms with Crippen molar-refractivity contribution in [2.24, 2.45) is 0 Å².